The smallest absolute Gasteiger partial charge is 0.315 e. The number of ether oxygens (including phenoxy) is 2. The fourth-order valence-corrected chi connectivity index (χ4v) is 6.34. The molecule has 5 aromatic carbocycles. The molecule has 1 aliphatic rings. The molecule has 5 aromatic rings. The molecule has 0 aliphatic carbocycles. The molecule has 3 N–H and O–H groups in total. The predicted molar refractivity (Wildman–Crippen MR) is 193 cm³/mol. The first-order chi connectivity index (χ1) is 23.9. The van der Waals surface area contributed by atoms with Gasteiger partial charge < -0.3 is 25.2 Å². The van der Waals surface area contributed by atoms with Crippen LogP contribution in [0.15, 0.2) is 133 Å². The Labute approximate surface area is 289 Å². The van der Waals surface area contributed by atoms with Crippen molar-refractivity contribution >= 4 is 6.03 Å². The Kier molecular flexibility index (Phi) is 11.5. The molecular weight excluding hydrogens is 610 g/mol. The lowest BCUT2D eigenvalue weighted by molar-refractivity contribution is -0.276. The van der Waals surface area contributed by atoms with Crippen molar-refractivity contribution in [1.29, 1.82) is 0 Å². The quantitative estimate of drug-likeness (QED) is 0.128. The summed E-state index contributed by atoms with van der Waals surface area (Å²) >= 11 is 0. The minimum absolute atomic E-state index is 0.00547. The van der Waals surface area contributed by atoms with Gasteiger partial charge in [-0.25, -0.2) is 4.79 Å². The molecule has 1 aliphatic heterocycles. The zero-order valence-corrected chi connectivity index (χ0v) is 28.2. The lowest BCUT2D eigenvalue weighted by atomic mass is 9.90. The predicted octanol–water partition coefficient (Wildman–Crippen LogP) is 7.77. The van der Waals surface area contributed by atoms with Crippen LogP contribution in [0.4, 0.5) is 4.79 Å². The number of benzene rings is 5. The molecule has 0 radical (unpaired) electrons. The van der Waals surface area contributed by atoms with Gasteiger partial charge in [0.25, 0.3) is 0 Å². The minimum atomic E-state index is -0.563. The fourth-order valence-electron chi connectivity index (χ4n) is 6.34. The summed E-state index contributed by atoms with van der Waals surface area (Å²) in [7, 11) is 2.13. The maximum absolute atomic E-state index is 12.5. The van der Waals surface area contributed by atoms with E-state index in [2.05, 4.69) is 96.2 Å². The number of hydrogen-bond donors (Lipinski definition) is 3. The summed E-state index contributed by atoms with van der Waals surface area (Å²) in [5, 5.41) is 15.5. The van der Waals surface area contributed by atoms with E-state index >= 15 is 0 Å². The summed E-state index contributed by atoms with van der Waals surface area (Å²) in [6.07, 6.45) is -0.833. The third kappa shape index (κ3) is 9.22. The third-order valence-electron chi connectivity index (χ3n) is 9.08. The van der Waals surface area contributed by atoms with E-state index in [0.29, 0.717) is 13.1 Å². The summed E-state index contributed by atoms with van der Waals surface area (Å²) in [6, 6.07) is 44.7. The highest BCUT2D eigenvalue weighted by molar-refractivity contribution is 5.74. The average molecular weight is 656 g/mol. The summed E-state index contributed by atoms with van der Waals surface area (Å²) in [5.74, 6) is 0.0895. The molecule has 0 spiro atoms. The van der Waals surface area contributed by atoms with Gasteiger partial charge in [-0.15, -0.1) is 0 Å². The van der Waals surface area contributed by atoms with Crippen LogP contribution >= 0.6 is 0 Å². The Bertz CT molecular complexity index is 1780. The Morgan fingerprint density at radius 2 is 1.29 bits per heavy atom. The van der Waals surface area contributed by atoms with E-state index in [0.717, 1.165) is 52.0 Å². The molecule has 49 heavy (non-hydrogen) atoms. The third-order valence-corrected chi connectivity index (χ3v) is 9.08. The Morgan fingerprint density at radius 3 is 1.98 bits per heavy atom. The maximum Gasteiger partial charge on any atom is 0.315 e. The first kappa shape index (κ1) is 34.1. The van der Waals surface area contributed by atoms with E-state index in [4.69, 9.17) is 9.47 Å². The molecule has 4 atom stereocenters. The summed E-state index contributed by atoms with van der Waals surface area (Å²) in [6.45, 7) is 4.66. The van der Waals surface area contributed by atoms with E-state index in [-0.39, 0.29) is 30.8 Å². The van der Waals surface area contributed by atoms with Crippen LogP contribution in [0.1, 0.15) is 52.7 Å². The van der Waals surface area contributed by atoms with Crippen LogP contribution in [0, 0.1) is 5.92 Å². The first-order valence-electron chi connectivity index (χ1n) is 16.9. The zero-order chi connectivity index (χ0) is 34.0. The highest BCUT2D eigenvalue weighted by atomic mass is 16.7. The summed E-state index contributed by atoms with van der Waals surface area (Å²) in [4.78, 5) is 14.8. The largest absolute Gasteiger partial charge is 0.392 e. The van der Waals surface area contributed by atoms with Crippen LogP contribution in [-0.4, -0.2) is 35.7 Å². The number of aliphatic hydroxyl groups excluding tert-OH is 1. The van der Waals surface area contributed by atoms with Gasteiger partial charge in [0.1, 0.15) is 0 Å². The van der Waals surface area contributed by atoms with Crippen LogP contribution in [0.2, 0.25) is 0 Å². The minimum Gasteiger partial charge on any atom is -0.392 e. The average Bonchev–Trinajstić information content (AvgIpc) is 3.15. The number of amides is 2. The summed E-state index contributed by atoms with van der Waals surface area (Å²) < 4.78 is 13.5. The molecule has 1 heterocycles. The van der Waals surface area contributed by atoms with Gasteiger partial charge in [0.05, 0.1) is 18.8 Å². The second kappa shape index (κ2) is 16.5. The number of urea groups is 1. The molecule has 1 fully saturated rings. The number of hydrogen-bond acceptors (Lipinski definition) is 5. The van der Waals surface area contributed by atoms with Crippen LogP contribution in [-0.2, 0) is 35.7 Å². The molecule has 0 bridgehead atoms. The van der Waals surface area contributed by atoms with Crippen molar-refractivity contribution in [3.8, 4) is 11.1 Å². The molecule has 6 rings (SSSR count). The molecule has 0 saturated carbocycles. The van der Waals surface area contributed by atoms with Gasteiger partial charge in [-0.2, -0.15) is 0 Å². The molecule has 0 aromatic heterocycles. The Morgan fingerprint density at radius 1 is 0.673 bits per heavy atom. The van der Waals surface area contributed by atoms with Crippen molar-refractivity contribution in [2.45, 2.75) is 51.7 Å². The number of nitrogens with one attached hydrogen (secondary N) is 2. The van der Waals surface area contributed by atoms with E-state index in [1.807, 2.05) is 66.7 Å². The van der Waals surface area contributed by atoms with E-state index in [9.17, 15) is 9.90 Å². The van der Waals surface area contributed by atoms with E-state index < -0.39 is 6.29 Å². The van der Waals surface area contributed by atoms with Crippen molar-refractivity contribution in [1.82, 2.24) is 15.5 Å². The standard InChI is InChI=1S/C42H45N3O4/c1-30-39(28-45(2)27-32-13-7-4-8-14-32)48-41(49-40(30)35-21-19-33(29-46)20-22-35)38-18-10-17-37(24-38)36-16-9-15-34(23-36)26-44-42(47)43-25-31-11-5-3-6-12-31/h3-24,30,39-41,46H,25-29H2,1-2H3,(H2,43,44,47)/t30-,39+,40+,41+/m1/s1. The zero-order valence-electron chi connectivity index (χ0n) is 28.2. The number of aliphatic hydroxyl groups is 1. The summed E-state index contributed by atoms with van der Waals surface area (Å²) in [5.41, 5.74) is 8.29. The van der Waals surface area contributed by atoms with Crippen LogP contribution < -0.4 is 10.6 Å². The molecule has 7 heteroatoms. The SMILES string of the molecule is C[C@@H]1[C@H](CN(C)Cc2ccccc2)O[C@H](c2cccc(-c3cccc(CNC(=O)NCc4ccccc4)c3)c2)O[C@@H]1c1ccc(CO)cc1. The molecular formula is C42H45N3O4. The topological polar surface area (TPSA) is 83.1 Å². The van der Waals surface area contributed by atoms with Crippen molar-refractivity contribution in [3.63, 3.8) is 0 Å². The fraction of sp³-hybridized carbons (Fsp3) is 0.262. The Hall–Kier alpha value is -4.79. The first-order valence-corrected chi connectivity index (χ1v) is 16.9. The maximum atomic E-state index is 12.5. The van der Waals surface area contributed by atoms with Gasteiger partial charge in [-0.1, -0.05) is 128 Å². The molecule has 252 valence electrons. The van der Waals surface area contributed by atoms with Gasteiger partial charge >= 0.3 is 6.03 Å². The van der Waals surface area contributed by atoms with Crippen LogP contribution in [0.3, 0.4) is 0 Å². The number of likely N-dealkylation sites (N-methyl/N-ethyl adjacent to an activating group) is 1. The lowest BCUT2D eigenvalue weighted by Crippen LogP contribution is -2.43. The van der Waals surface area contributed by atoms with Crippen LogP contribution in [0.25, 0.3) is 11.1 Å². The van der Waals surface area contributed by atoms with Gasteiger partial charge in [0, 0.05) is 37.7 Å². The van der Waals surface area contributed by atoms with Gasteiger partial charge in [0.15, 0.2) is 6.29 Å². The van der Waals surface area contributed by atoms with Crippen molar-refractivity contribution in [2.24, 2.45) is 5.92 Å². The molecule has 1 saturated heterocycles. The second-order valence-corrected chi connectivity index (χ2v) is 12.9. The van der Waals surface area contributed by atoms with E-state index in [1.165, 1.54) is 5.56 Å². The van der Waals surface area contributed by atoms with Gasteiger partial charge in [-0.05, 0) is 58.1 Å². The highest BCUT2D eigenvalue weighted by Crippen LogP contribution is 2.42. The molecule has 7 nitrogen and oxygen atoms in total. The normalized spacial score (nSPS) is 19.0. The number of rotatable bonds is 12. The monoisotopic (exact) mass is 655 g/mol. The van der Waals surface area contributed by atoms with Crippen molar-refractivity contribution in [3.05, 3.63) is 167 Å². The lowest BCUT2D eigenvalue weighted by Gasteiger charge is -2.42. The van der Waals surface area contributed by atoms with Crippen molar-refractivity contribution < 1.29 is 19.4 Å². The highest BCUT2D eigenvalue weighted by Gasteiger charge is 2.39. The van der Waals surface area contributed by atoms with Gasteiger partial charge in [0.2, 0.25) is 0 Å². The van der Waals surface area contributed by atoms with E-state index in [1.54, 1.807) is 0 Å². The van der Waals surface area contributed by atoms with Crippen LogP contribution in [0.5, 0.6) is 0 Å². The molecule has 0 unspecified atom stereocenters. The number of carbonyl (C=O) groups excluding carboxylic acids is 1. The molecule has 2 amide bonds. The Balaban J connectivity index is 1.17. The number of nitrogens with zero attached hydrogens (tertiary/aromatic N) is 1. The van der Waals surface area contributed by atoms with Gasteiger partial charge in [-0.3, -0.25) is 4.90 Å². The van der Waals surface area contributed by atoms with Crippen molar-refractivity contribution in [2.75, 3.05) is 13.6 Å². The second-order valence-electron chi connectivity index (χ2n) is 12.9. The number of carbonyl (C=O) groups is 1.